The van der Waals surface area contributed by atoms with Crippen molar-refractivity contribution >= 4 is 23.2 Å². The fourth-order valence-corrected chi connectivity index (χ4v) is 2.37. The molecule has 2 N–H and O–H groups in total. The summed E-state index contributed by atoms with van der Waals surface area (Å²) < 4.78 is 14.8. The molecule has 6 nitrogen and oxygen atoms in total. The lowest BCUT2D eigenvalue weighted by molar-refractivity contribution is 0.0698. The van der Waals surface area contributed by atoms with Gasteiger partial charge in [-0.25, -0.2) is 14.2 Å². The second-order valence-corrected chi connectivity index (χ2v) is 4.93. The highest BCUT2D eigenvalue weighted by molar-refractivity contribution is 6.07. The number of nitrogens with one attached hydrogen (secondary N) is 1. The van der Waals surface area contributed by atoms with Gasteiger partial charge in [0.2, 0.25) is 0 Å². The number of imidazole rings is 1. The summed E-state index contributed by atoms with van der Waals surface area (Å²) in [5, 5.41) is 11.7. The number of halogens is 1. The van der Waals surface area contributed by atoms with Crippen molar-refractivity contribution in [2.45, 2.75) is 6.92 Å². The number of carboxylic acids is 1. The average molecular weight is 313 g/mol. The van der Waals surface area contributed by atoms with Crippen LogP contribution in [0.3, 0.4) is 0 Å². The lowest BCUT2D eigenvalue weighted by Crippen LogP contribution is -2.17. The molecule has 23 heavy (non-hydrogen) atoms. The SMILES string of the molecule is Cc1nc2ccc(F)cn2c1C(=O)Nc1ccccc1C(=O)O. The zero-order chi connectivity index (χ0) is 16.6. The maximum atomic E-state index is 13.4. The van der Waals surface area contributed by atoms with E-state index in [1.165, 1.54) is 28.7 Å². The first kappa shape index (κ1) is 14.7. The third-order valence-corrected chi connectivity index (χ3v) is 3.38. The van der Waals surface area contributed by atoms with Gasteiger partial charge >= 0.3 is 5.97 Å². The largest absolute Gasteiger partial charge is 0.478 e. The zero-order valence-electron chi connectivity index (χ0n) is 12.1. The molecule has 0 bridgehead atoms. The molecule has 3 aromatic rings. The smallest absolute Gasteiger partial charge is 0.337 e. The summed E-state index contributed by atoms with van der Waals surface area (Å²) in [7, 11) is 0. The lowest BCUT2D eigenvalue weighted by atomic mass is 10.1. The number of para-hydroxylation sites is 1. The Hall–Kier alpha value is -3.22. The predicted molar refractivity (Wildman–Crippen MR) is 81.2 cm³/mol. The number of carboxylic acid groups (broad SMARTS) is 1. The van der Waals surface area contributed by atoms with Crippen molar-refractivity contribution in [3.8, 4) is 0 Å². The van der Waals surface area contributed by atoms with Gasteiger partial charge in [-0.05, 0) is 31.2 Å². The zero-order valence-corrected chi connectivity index (χ0v) is 12.1. The highest BCUT2D eigenvalue weighted by Gasteiger charge is 2.19. The number of aromatic carboxylic acids is 1. The third kappa shape index (κ3) is 2.64. The van der Waals surface area contributed by atoms with Crippen molar-refractivity contribution in [1.29, 1.82) is 0 Å². The van der Waals surface area contributed by atoms with E-state index in [4.69, 9.17) is 5.11 Å². The van der Waals surface area contributed by atoms with Crippen molar-refractivity contribution in [3.05, 3.63) is 65.4 Å². The van der Waals surface area contributed by atoms with Crippen LogP contribution in [0.15, 0.2) is 42.6 Å². The minimum Gasteiger partial charge on any atom is -0.478 e. The Morgan fingerprint density at radius 1 is 1.22 bits per heavy atom. The number of amides is 1. The van der Waals surface area contributed by atoms with Gasteiger partial charge in [-0.15, -0.1) is 0 Å². The molecule has 0 fully saturated rings. The highest BCUT2D eigenvalue weighted by atomic mass is 19.1. The molecule has 3 rings (SSSR count). The Kier molecular flexibility index (Phi) is 3.53. The van der Waals surface area contributed by atoms with Gasteiger partial charge in [-0.2, -0.15) is 0 Å². The Morgan fingerprint density at radius 2 is 1.96 bits per heavy atom. The number of aromatic nitrogens is 2. The van der Waals surface area contributed by atoms with E-state index in [9.17, 15) is 14.0 Å². The lowest BCUT2D eigenvalue weighted by Gasteiger charge is -2.08. The molecular formula is C16H12FN3O3. The molecule has 7 heteroatoms. The maximum absolute atomic E-state index is 13.4. The van der Waals surface area contributed by atoms with E-state index in [0.717, 1.165) is 6.20 Å². The Balaban J connectivity index is 2.04. The second kappa shape index (κ2) is 5.53. The van der Waals surface area contributed by atoms with Crippen LogP contribution in [0, 0.1) is 12.7 Å². The summed E-state index contributed by atoms with van der Waals surface area (Å²) in [5.41, 5.74) is 1.13. The summed E-state index contributed by atoms with van der Waals surface area (Å²) >= 11 is 0. The van der Waals surface area contributed by atoms with Crippen LogP contribution in [0.4, 0.5) is 10.1 Å². The fraction of sp³-hybridized carbons (Fsp3) is 0.0625. The molecule has 2 aromatic heterocycles. The highest BCUT2D eigenvalue weighted by Crippen LogP contribution is 2.18. The number of anilines is 1. The molecule has 0 aliphatic rings. The van der Waals surface area contributed by atoms with E-state index in [1.807, 2.05) is 0 Å². The van der Waals surface area contributed by atoms with Crippen LogP contribution >= 0.6 is 0 Å². The molecule has 0 atom stereocenters. The van der Waals surface area contributed by atoms with E-state index in [1.54, 1.807) is 19.1 Å². The predicted octanol–water partition coefficient (Wildman–Crippen LogP) is 2.73. The first-order chi connectivity index (χ1) is 11.0. The average Bonchev–Trinajstić information content (AvgIpc) is 2.82. The number of hydrogen-bond donors (Lipinski definition) is 2. The second-order valence-electron chi connectivity index (χ2n) is 4.93. The molecule has 2 heterocycles. The quantitative estimate of drug-likeness (QED) is 0.779. The Bertz CT molecular complexity index is 933. The molecule has 0 radical (unpaired) electrons. The summed E-state index contributed by atoms with van der Waals surface area (Å²) in [4.78, 5) is 27.9. The maximum Gasteiger partial charge on any atom is 0.337 e. The number of nitrogens with zero attached hydrogens (tertiary/aromatic N) is 2. The Labute approximate surface area is 130 Å². The number of carbonyl (C=O) groups excluding carboxylic acids is 1. The normalized spacial score (nSPS) is 10.7. The first-order valence-electron chi connectivity index (χ1n) is 6.75. The van der Waals surface area contributed by atoms with Crippen molar-refractivity contribution in [3.63, 3.8) is 0 Å². The van der Waals surface area contributed by atoms with E-state index in [0.29, 0.717) is 11.3 Å². The minimum absolute atomic E-state index is 0.0292. The first-order valence-corrected chi connectivity index (χ1v) is 6.75. The monoisotopic (exact) mass is 313 g/mol. The minimum atomic E-state index is -1.15. The molecule has 0 aliphatic heterocycles. The number of hydrogen-bond acceptors (Lipinski definition) is 3. The summed E-state index contributed by atoms with van der Waals surface area (Å²) in [5.74, 6) is -2.22. The van der Waals surface area contributed by atoms with Gasteiger partial charge in [0.1, 0.15) is 17.2 Å². The van der Waals surface area contributed by atoms with Crippen molar-refractivity contribution in [1.82, 2.24) is 9.38 Å². The summed E-state index contributed by atoms with van der Waals surface area (Å²) in [6.07, 6.45) is 1.16. The van der Waals surface area contributed by atoms with Gasteiger partial charge in [0.25, 0.3) is 5.91 Å². The van der Waals surface area contributed by atoms with E-state index >= 15 is 0 Å². The van der Waals surface area contributed by atoms with Crippen molar-refractivity contribution < 1.29 is 19.1 Å². The molecule has 0 saturated heterocycles. The van der Waals surface area contributed by atoms with Gasteiger partial charge < -0.3 is 10.4 Å². The molecule has 116 valence electrons. The van der Waals surface area contributed by atoms with Crippen molar-refractivity contribution in [2.24, 2.45) is 0 Å². The molecule has 0 spiro atoms. The van der Waals surface area contributed by atoms with Gasteiger partial charge in [0, 0.05) is 6.20 Å². The van der Waals surface area contributed by atoms with Crippen LogP contribution < -0.4 is 5.32 Å². The van der Waals surface area contributed by atoms with Gasteiger partial charge in [-0.1, -0.05) is 12.1 Å². The van der Waals surface area contributed by atoms with Crippen molar-refractivity contribution in [2.75, 3.05) is 5.32 Å². The number of rotatable bonds is 3. The van der Waals surface area contributed by atoms with E-state index in [2.05, 4.69) is 10.3 Å². The Morgan fingerprint density at radius 3 is 2.70 bits per heavy atom. The number of fused-ring (bicyclic) bond motifs is 1. The molecular weight excluding hydrogens is 301 g/mol. The molecule has 0 aliphatic carbocycles. The standard InChI is InChI=1S/C16H12FN3O3/c1-9-14(20-8-10(17)6-7-13(20)18-9)15(21)19-12-5-3-2-4-11(12)16(22)23/h2-8H,1H3,(H,19,21)(H,22,23). The van der Waals surface area contributed by atoms with Crippen LogP contribution in [0.25, 0.3) is 5.65 Å². The van der Waals surface area contributed by atoms with E-state index < -0.39 is 17.7 Å². The fourth-order valence-electron chi connectivity index (χ4n) is 2.37. The van der Waals surface area contributed by atoms with Crippen LogP contribution in [-0.4, -0.2) is 26.4 Å². The molecule has 1 aromatic carbocycles. The van der Waals surface area contributed by atoms with Crippen LogP contribution in [0.2, 0.25) is 0 Å². The summed E-state index contributed by atoms with van der Waals surface area (Å²) in [6, 6.07) is 8.77. The topological polar surface area (TPSA) is 83.7 Å². The molecule has 1 amide bonds. The molecule has 0 saturated carbocycles. The van der Waals surface area contributed by atoms with Gasteiger partial charge in [0.05, 0.1) is 16.9 Å². The number of aryl methyl sites for hydroxylation is 1. The third-order valence-electron chi connectivity index (χ3n) is 3.38. The van der Waals surface area contributed by atoms with Crippen LogP contribution in [0.5, 0.6) is 0 Å². The molecule has 0 unspecified atom stereocenters. The number of carbonyl (C=O) groups is 2. The van der Waals surface area contributed by atoms with Crippen LogP contribution in [-0.2, 0) is 0 Å². The van der Waals surface area contributed by atoms with Gasteiger partial charge in [-0.3, -0.25) is 9.20 Å². The summed E-state index contributed by atoms with van der Waals surface area (Å²) in [6.45, 7) is 1.63. The number of benzene rings is 1. The van der Waals surface area contributed by atoms with Crippen LogP contribution in [0.1, 0.15) is 26.5 Å². The number of pyridine rings is 1. The van der Waals surface area contributed by atoms with E-state index in [-0.39, 0.29) is 16.9 Å². The van der Waals surface area contributed by atoms with Gasteiger partial charge in [0.15, 0.2) is 0 Å².